The van der Waals surface area contributed by atoms with Crippen molar-refractivity contribution in [1.29, 1.82) is 0 Å². The van der Waals surface area contributed by atoms with Gasteiger partial charge in [-0.05, 0) is 83.0 Å². The van der Waals surface area contributed by atoms with Crippen molar-refractivity contribution in [2.45, 2.75) is 97.9 Å². The SMILES string of the molecule is C[Si](C)O[C@]1(C(COC2CCCCO2)CN2C(=O)c3ccccc3C2=O)C[C@H](C(C)(C)C)CN1C(=O)OC(C)(C)C. The molecule has 3 amide bonds. The molecule has 41 heavy (non-hydrogen) atoms. The first-order chi connectivity index (χ1) is 19.1. The monoisotopic (exact) mass is 587 g/mol. The molecule has 0 aromatic heterocycles. The molecule has 227 valence electrons. The zero-order valence-corrected chi connectivity index (χ0v) is 27.0. The number of hydrogen-bond donors (Lipinski definition) is 0. The van der Waals surface area contributed by atoms with Gasteiger partial charge >= 0.3 is 6.09 Å². The van der Waals surface area contributed by atoms with Gasteiger partial charge in [-0.3, -0.25) is 19.4 Å². The second kappa shape index (κ2) is 12.1. The molecule has 1 aromatic carbocycles. The van der Waals surface area contributed by atoms with Gasteiger partial charge in [-0.25, -0.2) is 4.79 Å². The molecule has 0 N–H and O–H groups in total. The van der Waals surface area contributed by atoms with Gasteiger partial charge in [0.05, 0.1) is 17.7 Å². The van der Waals surface area contributed by atoms with Gasteiger partial charge in [0.2, 0.25) is 9.04 Å². The highest BCUT2D eigenvalue weighted by Gasteiger charge is 2.58. The number of benzene rings is 1. The summed E-state index contributed by atoms with van der Waals surface area (Å²) in [6, 6.07) is 6.88. The van der Waals surface area contributed by atoms with E-state index in [-0.39, 0.29) is 42.6 Å². The van der Waals surface area contributed by atoms with Crippen LogP contribution in [0.1, 0.15) is 87.9 Å². The minimum Gasteiger partial charge on any atom is -0.444 e. The fourth-order valence-corrected chi connectivity index (χ4v) is 7.03. The highest BCUT2D eigenvalue weighted by atomic mass is 28.3. The van der Waals surface area contributed by atoms with Gasteiger partial charge in [-0.1, -0.05) is 32.9 Å². The van der Waals surface area contributed by atoms with Crippen LogP contribution < -0.4 is 0 Å². The number of ether oxygens (including phenoxy) is 3. The van der Waals surface area contributed by atoms with Crippen molar-refractivity contribution in [3.05, 3.63) is 35.4 Å². The van der Waals surface area contributed by atoms with Crippen molar-refractivity contribution >= 4 is 26.9 Å². The molecule has 2 fully saturated rings. The number of carbonyl (C=O) groups is 3. The Bertz CT molecular complexity index is 1090. The van der Waals surface area contributed by atoms with Crippen LogP contribution >= 0.6 is 0 Å². The van der Waals surface area contributed by atoms with Crippen LogP contribution in [0.15, 0.2) is 24.3 Å². The third kappa shape index (κ3) is 7.04. The van der Waals surface area contributed by atoms with Crippen LogP contribution in [0.25, 0.3) is 0 Å². The first kappa shape index (κ1) is 31.7. The van der Waals surface area contributed by atoms with E-state index in [1.165, 1.54) is 4.90 Å². The molecule has 4 rings (SSSR count). The number of amides is 3. The largest absolute Gasteiger partial charge is 0.444 e. The Morgan fingerprint density at radius 3 is 2.22 bits per heavy atom. The Labute approximate surface area is 246 Å². The number of rotatable bonds is 8. The average molecular weight is 588 g/mol. The number of imide groups is 1. The lowest BCUT2D eigenvalue weighted by Gasteiger charge is -2.46. The molecule has 10 heteroatoms. The van der Waals surface area contributed by atoms with Crippen LogP contribution in [-0.2, 0) is 18.6 Å². The smallest absolute Gasteiger partial charge is 0.412 e. The third-order valence-corrected chi connectivity index (χ3v) is 8.92. The molecule has 3 aliphatic rings. The Hall–Kier alpha value is -2.27. The van der Waals surface area contributed by atoms with Gasteiger partial charge in [0.15, 0.2) is 6.29 Å². The van der Waals surface area contributed by atoms with Crippen LogP contribution in [0.3, 0.4) is 0 Å². The molecule has 0 aliphatic carbocycles. The van der Waals surface area contributed by atoms with Crippen molar-refractivity contribution in [3.8, 4) is 0 Å². The molecule has 0 saturated carbocycles. The summed E-state index contributed by atoms with van der Waals surface area (Å²) in [4.78, 5) is 44.0. The normalized spacial score (nSPS) is 26.1. The molecule has 1 radical (unpaired) electrons. The van der Waals surface area contributed by atoms with Crippen LogP contribution in [0, 0.1) is 17.3 Å². The molecule has 2 unspecified atom stereocenters. The Morgan fingerprint density at radius 1 is 1.07 bits per heavy atom. The fourth-order valence-electron chi connectivity index (χ4n) is 5.97. The summed E-state index contributed by atoms with van der Waals surface area (Å²) in [5, 5.41) is 0. The van der Waals surface area contributed by atoms with Crippen LogP contribution in [0.2, 0.25) is 13.1 Å². The summed E-state index contributed by atoms with van der Waals surface area (Å²) < 4.78 is 25.0. The maximum Gasteiger partial charge on any atom is 0.412 e. The number of nitrogens with zero attached hydrogens (tertiary/aromatic N) is 2. The standard InChI is InChI=1S/C31H47N2O7Si/c1-29(2,3)21-17-31(40-41(7)8,33(19-21)28(36)39-30(4,5)6)22(20-38-25-15-11-12-16-37-25)18-32-26(34)23-13-9-10-14-24(23)27(32)35/h9-10,13-14,21-22,25H,11-12,15-20H2,1-8H3/t21-,22?,25?,31-/m0/s1. The van der Waals surface area contributed by atoms with Crippen molar-refractivity contribution in [1.82, 2.24) is 9.80 Å². The van der Waals surface area contributed by atoms with Crippen molar-refractivity contribution in [2.75, 3.05) is 26.3 Å². The summed E-state index contributed by atoms with van der Waals surface area (Å²) >= 11 is 0. The van der Waals surface area contributed by atoms with Crippen molar-refractivity contribution in [3.63, 3.8) is 0 Å². The molecular weight excluding hydrogens is 540 g/mol. The number of fused-ring (bicyclic) bond motifs is 1. The number of hydrogen-bond acceptors (Lipinski definition) is 7. The van der Waals surface area contributed by atoms with E-state index in [9.17, 15) is 14.4 Å². The minimum absolute atomic E-state index is 0.0460. The highest BCUT2D eigenvalue weighted by molar-refractivity contribution is 6.48. The molecular formula is C31H47N2O7Si. The van der Waals surface area contributed by atoms with E-state index >= 15 is 0 Å². The quantitative estimate of drug-likeness (QED) is 0.284. The second-order valence-corrected chi connectivity index (χ2v) is 15.8. The molecule has 1 aromatic rings. The van der Waals surface area contributed by atoms with E-state index in [1.807, 2.05) is 33.9 Å². The van der Waals surface area contributed by atoms with Crippen molar-refractivity contribution in [2.24, 2.45) is 17.3 Å². The molecule has 4 atom stereocenters. The second-order valence-electron chi connectivity index (χ2n) is 13.8. The van der Waals surface area contributed by atoms with Gasteiger partial charge < -0.3 is 18.6 Å². The summed E-state index contributed by atoms with van der Waals surface area (Å²) in [6.07, 6.45) is 2.45. The van der Waals surface area contributed by atoms with E-state index in [1.54, 1.807) is 29.2 Å². The Morgan fingerprint density at radius 2 is 1.71 bits per heavy atom. The molecule has 0 bridgehead atoms. The molecule has 3 aliphatic heterocycles. The molecule has 0 spiro atoms. The lowest BCUT2D eigenvalue weighted by molar-refractivity contribution is -0.193. The Kier molecular flexibility index (Phi) is 9.38. The zero-order valence-electron chi connectivity index (χ0n) is 26.0. The maximum absolute atomic E-state index is 13.9. The zero-order chi connectivity index (χ0) is 30.2. The van der Waals surface area contributed by atoms with E-state index in [0.29, 0.717) is 30.7 Å². The van der Waals surface area contributed by atoms with E-state index in [4.69, 9.17) is 18.6 Å². The van der Waals surface area contributed by atoms with Gasteiger partial charge in [0.25, 0.3) is 11.8 Å². The Balaban J connectivity index is 1.77. The first-order valence-corrected chi connectivity index (χ1v) is 17.2. The predicted molar refractivity (Wildman–Crippen MR) is 157 cm³/mol. The molecule has 2 saturated heterocycles. The molecule has 9 nitrogen and oxygen atoms in total. The minimum atomic E-state index is -1.38. The summed E-state index contributed by atoms with van der Waals surface area (Å²) in [5.41, 5.74) is -1.20. The van der Waals surface area contributed by atoms with Crippen LogP contribution in [0.4, 0.5) is 4.79 Å². The van der Waals surface area contributed by atoms with E-state index in [2.05, 4.69) is 20.8 Å². The van der Waals surface area contributed by atoms with Gasteiger partial charge in [0.1, 0.15) is 11.3 Å². The van der Waals surface area contributed by atoms with Gasteiger partial charge in [-0.15, -0.1) is 0 Å². The van der Waals surface area contributed by atoms with Gasteiger partial charge in [0, 0.05) is 25.6 Å². The summed E-state index contributed by atoms with van der Waals surface area (Å²) in [5.74, 6) is -1.12. The number of likely N-dealkylation sites (tertiary alicyclic amines) is 1. The lowest BCUT2D eigenvalue weighted by atomic mass is 9.77. The van der Waals surface area contributed by atoms with Crippen molar-refractivity contribution < 1.29 is 33.0 Å². The first-order valence-electron chi connectivity index (χ1n) is 14.8. The summed E-state index contributed by atoms with van der Waals surface area (Å²) in [6.45, 7) is 17.4. The van der Waals surface area contributed by atoms with Crippen LogP contribution in [0.5, 0.6) is 0 Å². The topological polar surface area (TPSA) is 94.6 Å². The average Bonchev–Trinajstić information content (AvgIpc) is 3.38. The number of carbonyl (C=O) groups excluding carboxylic acids is 3. The third-order valence-electron chi connectivity index (χ3n) is 8.16. The van der Waals surface area contributed by atoms with E-state index in [0.717, 1.165) is 19.3 Å². The molecule has 3 heterocycles. The predicted octanol–water partition coefficient (Wildman–Crippen LogP) is 5.71. The summed E-state index contributed by atoms with van der Waals surface area (Å²) in [7, 11) is -1.38. The van der Waals surface area contributed by atoms with Gasteiger partial charge in [-0.2, -0.15) is 0 Å². The van der Waals surface area contributed by atoms with E-state index < -0.39 is 32.4 Å². The maximum atomic E-state index is 13.9. The fraction of sp³-hybridized carbons (Fsp3) is 0.710. The highest BCUT2D eigenvalue weighted by Crippen LogP contribution is 2.48. The van der Waals surface area contributed by atoms with Crippen LogP contribution in [-0.4, -0.2) is 80.7 Å². The lowest BCUT2D eigenvalue weighted by Crippen LogP contribution is -2.60.